The Kier molecular flexibility index (Phi) is 4.49. The van der Waals surface area contributed by atoms with Crippen molar-refractivity contribution in [1.82, 2.24) is 9.55 Å². The number of imidazole rings is 1. The van der Waals surface area contributed by atoms with E-state index in [0.717, 1.165) is 31.3 Å². The first-order valence-corrected chi connectivity index (χ1v) is 6.67. The molecule has 0 saturated carbocycles. The Morgan fingerprint density at radius 3 is 2.95 bits per heavy atom. The minimum Gasteiger partial charge on any atom is -0.464 e. The van der Waals surface area contributed by atoms with Gasteiger partial charge in [-0.1, -0.05) is 6.08 Å². The summed E-state index contributed by atoms with van der Waals surface area (Å²) in [6.07, 6.45) is 8.45. The third kappa shape index (κ3) is 3.04. The SMILES string of the molecule is CCOC(=O)C(C1=CCCCC1)n1cnc([N+](=O)[O-])c1. The van der Waals surface area contributed by atoms with Gasteiger partial charge in [-0.3, -0.25) is 4.57 Å². The Morgan fingerprint density at radius 1 is 1.60 bits per heavy atom. The normalized spacial score (nSPS) is 16.4. The van der Waals surface area contributed by atoms with Gasteiger partial charge in [-0.2, -0.15) is 0 Å². The third-order valence-corrected chi connectivity index (χ3v) is 3.26. The summed E-state index contributed by atoms with van der Waals surface area (Å²) in [5, 5.41) is 10.7. The number of nitrogens with zero attached hydrogens (tertiary/aromatic N) is 3. The summed E-state index contributed by atoms with van der Waals surface area (Å²) < 4.78 is 6.55. The molecule has 0 fully saturated rings. The van der Waals surface area contributed by atoms with Crippen LogP contribution in [0.25, 0.3) is 0 Å². The van der Waals surface area contributed by atoms with Gasteiger partial charge in [-0.25, -0.2) is 4.79 Å². The van der Waals surface area contributed by atoms with Crippen LogP contribution < -0.4 is 0 Å². The van der Waals surface area contributed by atoms with Crippen molar-refractivity contribution in [2.75, 3.05) is 6.61 Å². The lowest BCUT2D eigenvalue weighted by Crippen LogP contribution is -2.24. The van der Waals surface area contributed by atoms with E-state index in [-0.39, 0.29) is 12.4 Å². The minimum absolute atomic E-state index is 0.268. The summed E-state index contributed by atoms with van der Waals surface area (Å²) in [7, 11) is 0. The molecule has 0 spiro atoms. The van der Waals surface area contributed by atoms with Gasteiger partial charge in [0.15, 0.2) is 6.04 Å². The molecule has 1 aliphatic rings. The molecule has 7 heteroatoms. The van der Waals surface area contributed by atoms with E-state index in [1.165, 1.54) is 17.1 Å². The van der Waals surface area contributed by atoms with E-state index in [1.54, 1.807) is 6.92 Å². The summed E-state index contributed by atoms with van der Waals surface area (Å²) in [4.78, 5) is 26.0. The molecule has 0 aromatic carbocycles. The number of aromatic nitrogens is 2. The molecule has 7 nitrogen and oxygen atoms in total. The van der Waals surface area contributed by atoms with Gasteiger partial charge in [0.25, 0.3) is 0 Å². The van der Waals surface area contributed by atoms with Crippen LogP contribution in [0.3, 0.4) is 0 Å². The van der Waals surface area contributed by atoms with Gasteiger partial charge in [0, 0.05) is 0 Å². The molecule has 1 atom stereocenters. The van der Waals surface area contributed by atoms with E-state index in [4.69, 9.17) is 4.74 Å². The molecule has 1 aromatic rings. The minimum atomic E-state index is -0.642. The second-order valence-electron chi connectivity index (χ2n) is 4.62. The molecule has 0 saturated heterocycles. The van der Waals surface area contributed by atoms with Crippen LogP contribution >= 0.6 is 0 Å². The first-order chi connectivity index (χ1) is 9.63. The Balaban J connectivity index is 2.31. The molecule has 20 heavy (non-hydrogen) atoms. The van der Waals surface area contributed by atoms with Crippen LogP contribution in [0.2, 0.25) is 0 Å². The van der Waals surface area contributed by atoms with Crippen LogP contribution in [0.4, 0.5) is 5.82 Å². The number of nitro groups is 1. The van der Waals surface area contributed by atoms with Crippen molar-refractivity contribution in [3.8, 4) is 0 Å². The highest BCUT2D eigenvalue weighted by Crippen LogP contribution is 2.29. The Bertz CT molecular complexity index is 535. The summed E-state index contributed by atoms with van der Waals surface area (Å²) >= 11 is 0. The van der Waals surface area contributed by atoms with E-state index in [0.29, 0.717) is 0 Å². The first-order valence-electron chi connectivity index (χ1n) is 6.67. The van der Waals surface area contributed by atoms with E-state index in [2.05, 4.69) is 4.98 Å². The predicted molar refractivity (Wildman–Crippen MR) is 71.1 cm³/mol. The van der Waals surface area contributed by atoms with Gasteiger partial charge in [0.2, 0.25) is 6.33 Å². The Labute approximate surface area is 116 Å². The molecule has 1 aromatic heterocycles. The molecule has 1 heterocycles. The fourth-order valence-corrected chi connectivity index (χ4v) is 2.36. The number of esters is 1. The highest BCUT2D eigenvalue weighted by molar-refractivity contribution is 5.78. The molecule has 108 valence electrons. The second kappa shape index (κ2) is 6.31. The quantitative estimate of drug-likeness (QED) is 0.357. The zero-order valence-electron chi connectivity index (χ0n) is 11.3. The van der Waals surface area contributed by atoms with Gasteiger partial charge < -0.3 is 14.9 Å². The summed E-state index contributed by atoms with van der Waals surface area (Å²) in [5.74, 6) is -0.663. The molecule has 0 bridgehead atoms. The molecule has 1 unspecified atom stereocenters. The second-order valence-corrected chi connectivity index (χ2v) is 4.62. The number of hydrogen-bond acceptors (Lipinski definition) is 5. The standard InChI is InChI=1S/C13H17N3O4/c1-2-20-13(17)12(10-6-4-3-5-7-10)15-8-11(14-9-15)16(18)19/h6,8-9,12H,2-5,7H2,1H3. The molecular weight excluding hydrogens is 262 g/mol. The molecule has 2 rings (SSSR count). The van der Waals surface area contributed by atoms with E-state index in [9.17, 15) is 14.9 Å². The van der Waals surface area contributed by atoms with E-state index < -0.39 is 16.9 Å². The maximum atomic E-state index is 12.1. The average molecular weight is 279 g/mol. The number of rotatable bonds is 5. The molecule has 1 aliphatic carbocycles. The largest absolute Gasteiger partial charge is 0.464 e. The summed E-state index contributed by atoms with van der Waals surface area (Å²) in [6, 6.07) is -0.642. The lowest BCUT2D eigenvalue weighted by atomic mass is 9.94. The topological polar surface area (TPSA) is 87.3 Å². The van der Waals surface area contributed by atoms with Gasteiger partial charge >= 0.3 is 11.8 Å². The van der Waals surface area contributed by atoms with Gasteiger partial charge in [0.1, 0.15) is 6.20 Å². The number of hydrogen-bond donors (Lipinski definition) is 0. The van der Waals surface area contributed by atoms with Crippen LogP contribution in [0, 0.1) is 10.1 Å². The predicted octanol–water partition coefficient (Wildman–Crippen LogP) is 2.40. The Hall–Kier alpha value is -2.18. The van der Waals surface area contributed by atoms with Crippen molar-refractivity contribution in [2.45, 2.75) is 38.6 Å². The maximum Gasteiger partial charge on any atom is 0.381 e. The van der Waals surface area contributed by atoms with Crippen molar-refractivity contribution in [3.63, 3.8) is 0 Å². The number of carbonyl (C=O) groups is 1. The fourth-order valence-electron chi connectivity index (χ4n) is 2.36. The van der Waals surface area contributed by atoms with Crippen LogP contribution in [0.15, 0.2) is 24.2 Å². The maximum absolute atomic E-state index is 12.1. The Morgan fingerprint density at radius 2 is 2.40 bits per heavy atom. The van der Waals surface area contributed by atoms with Crippen molar-refractivity contribution < 1.29 is 14.5 Å². The van der Waals surface area contributed by atoms with E-state index in [1.807, 2.05) is 6.08 Å². The monoisotopic (exact) mass is 279 g/mol. The van der Waals surface area contributed by atoms with Crippen molar-refractivity contribution >= 4 is 11.8 Å². The van der Waals surface area contributed by atoms with Crippen molar-refractivity contribution in [3.05, 3.63) is 34.3 Å². The first kappa shape index (κ1) is 14.2. The van der Waals surface area contributed by atoms with E-state index >= 15 is 0 Å². The summed E-state index contributed by atoms with van der Waals surface area (Å²) in [6.45, 7) is 2.01. The van der Waals surface area contributed by atoms with Crippen LogP contribution in [0.5, 0.6) is 0 Å². The molecule has 0 aliphatic heterocycles. The van der Waals surface area contributed by atoms with Gasteiger partial charge in [-0.05, 0) is 48.1 Å². The lowest BCUT2D eigenvalue weighted by molar-refractivity contribution is -0.389. The van der Waals surface area contributed by atoms with Gasteiger partial charge in [-0.15, -0.1) is 0 Å². The summed E-state index contributed by atoms with van der Waals surface area (Å²) in [5.41, 5.74) is 0.946. The zero-order chi connectivity index (χ0) is 14.5. The van der Waals surface area contributed by atoms with Crippen LogP contribution in [-0.4, -0.2) is 27.1 Å². The smallest absolute Gasteiger partial charge is 0.381 e. The van der Waals surface area contributed by atoms with Crippen LogP contribution in [-0.2, 0) is 9.53 Å². The molecule has 0 N–H and O–H groups in total. The van der Waals surface area contributed by atoms with Crippen LogP contribution in [0.1, 0.15) is 38.6 Å². The molecule has 0 radical (unpaired) electrons. The number of carbonyl (C=O) groups excluding carboxylic acids is 1. The van der Waals surface area contributed by atoms with Gasteiger partial charge in [0.05, 0.1) is 6.61 Å². The average Bonchev–Trinajstić information content (AvgIpc) is 2.90. The number of ether oxygens (including phenoxy) is 1. The highest BCUT2D eigenvalue weighted by atomic mass is 16.6. The fraction of sp³-hybridized carbons (Fsp3) is 0.538. The molecule has 0 amide bonds. The zero-order valence-corrected chi connectivity index (χ0v) is 11.3. The molecular formula is C13H17N3O4. The van der Waals surface area contributed by atoms with Crippen molar-refractivity contribution in [1.29, 1.82) is 0 Å². The lowest BCUT2D eigenvalue weighted by Gasteiger charge is -2.21. The third-order valence-electron chi connectivity index (χ3n) is 3.26. The van der Waals surface area contributed by atoms with Crippen molar-refractivity contribution in [2.24, 2.45) is 0 Å². The highest BCUT2D eigenvalue weighted by Gasteiger charge is 2.29. The number of allylic oxidation sites excluding steroid dienone is 1.